The van der Waals surface area contributed by atoms with Crippen LogP contribution in [0.5, 0.6) is 0 Å². The quantitative estimate of drug-likeness (QED) is 0.748. The summed E-state index contributed by atoms with van der Waals surface area (Å²) in [7, 11) is 0. The molecule has 0 aliphatic heterocycles. The van der Waals surface area contributed by atoms with Crippen molar-refractivity contribution < 1.29 is 14.0 Å². The van der Waals surface area contributed by atoms with E-state index < -0.39 is 5.54 Å². The van der Waals surface area contributed by atoms with Gasteiger partial charge in [0.2, 0.25) is 5.91 Å². The average Bonchev–Trinajstić information content (AvgIpc) is 3.13. The summed E-state index contributed by atoms with van der Waals surface area (Å²) in [6, 6.07) is 13.4. The van der Waals surface area contributed by atoms with Crippen molar-refractivity contribution in [1.82, 2.24) is 10.6 Å². The maximum atomic E-state index is 13.3. The van der Waals surface area contributed by atoms with Crippen molar-refractivity contribution in [2.45, 2.75) is 44.7 Å². The summed E-state index contributed by atoms with van der Waals surface area (Å²) in [6.07, 6.45) is 2.90. The zero-order valence-electron chi connectivity index (χ0n) is 15.3. The number of carbonyl (C=O) groups excluding carboxylic acids is 2. The lowest BCUT2D eigenvalue weighted by atomic mass is 9.96. The number of amides is 3. The maximum absolute atomic E-state index is 13.3. The molecule has 3 N–H and O–H groups in total. The predicted octanol–water partition coefficient (Wildman–Crippen LogP) is 3.88. The highest BCUT2D eigenvalue weighted by Gasteiger charge is 2.42. The number of anilines is 1. The smallest absolute Gasteiger partial charge is 0.315 e. The Balaban J connectivity index is 1.65. The molecule has 1 aliphatic carbocycles. The summed E-state index contributed by atoms with van der Waals surface area (Å²) in [5, 5.41) is 8.54. The van der Waals surface area contributed by atoms with Crippen LogP contribution >= 0.6 is 0 Å². The molecular weight excluding hydrogens is 345 g/mol. The van der Waals surface area contributed by atoms with Gasteiger partial charge in [0, 0.05) is 12.2 Å². The minimum absolute atomic E-state index is 0.260. The van der Waals surface area contributed by atoms with Gasteiger partial charge >= 0.3 is 6.03 Å². The van der Waals surface area contributed by atoms with Crippen LogP contribution in [-0.2, 0) is 11.3 Å². The van der Waals surface area contributed by atoms with Gasteiger partial charge in [-0.3, -0.25) is 4.79 Å². The SMILES string of the molecule is Cc1cc(F)ccc1NC(=O)C1(NC(=O)NCc2ccccc2)CCCC1. The minimum Gasteiger partial charge on any atom is -0.334 e. The van der Waals surface area contributed by atoms with E-state index in [1.165, 1.54) is 12.1 Å². The van der Waals surface area contributed by atoms with Crippen molar-refractivity contribution in [3.8, 4) is 0 Å². The first-order valence-corrected chi connectivity index (χ1v) is 9.16. The molecule has 27 heavy (non-hydrogen) atoms. The Morgan fingerprint density at radius 2 is 1.78 bits per heavy atom. The van der Waals surface area contributed by atoms with Gasteiger partial charge in [0.05, 0.1) is 0 Å². The molecule has 142 valence electrons. The van der Waals surface area contributed by atoms with Crippen LogP contribution in [0.15, 0.2) is 48.5 Å². The molecule has 0 saturated heterocycles. The molecule has 1 fully saturated rings. The van der Waals surface area contributed by atoms with E-state index in [0.29, 0.717) is 30.6 Å². The van der Waals surface area contributed by atoms with E-state index in [2.05, 4.69) is 16.0 Å². The first kappa shape index (κ1) is 18.9. The Bertz CT molecular complexity index is 817. The van der Waals surface area contributed by atoms with Crippen LogP contribution in [0, 0.1) is 12.7 Å². The molecule has 0 spiro atoms. The number of nitrogens with one attached hydrogen (secondary N) is 3. The van der Waals surface area contributed by atoms with E-state index in [1.54, 1.807) is 13.0 Å². The van der Waals surface area contributed by atoms with Gasteiger partial charge in [-0.05, 0) is 49.1 Å². The lowest BCUT2D eigenvalue weighted by molar-refractivity contribution is -0.121. The minimum atomic E-state index is -0.943. The molecule has 3 amide bonds. The molecule has 0 unspecified atom stereocenters. The Kier molecular flexibility index (Phi) is 5.74. The third-order valence-corrected chi connectivity index (χ3v) is 4.98. The van der Waals surface area contributed by atoms with Crippen molar-refractivity contribution in [1.29, 1.82) is 0 Å². The van der Waals surface area contributed by atoms with Crippen LogP contribution in [0.2, 0.25) is 0 Å². The van der Waals surface area contributed by atoms with Gasteiger partial charge in [0.25, 0.3) is 0 Å². The van der Waals surface area contributed by atoms with Gasteiger partial charge in [-0.2, -0.15) is 0 Å². The van der Waals surface area contributed by atoms with Gasteiger partial charge in [0.1, 0.15) is 11.4 Å². The zero-order chi connectivity index (χ0) is 19.3. The standard InChI is InChI=1S/C21H24FN3O2/c1-15-13-17(22)9-10-18(15)24-19(26)21(11-5-6-12-21)25-20(27)23-14-16-7-3-2-4-8-16/h2-4,7-10,13H,5-6,11-12,14H2,1H3,(H,24,26)(H2,23,25,27). The fourth-order valence-corrected chi connectivity index (χ4v) is 3.44. The topological polar surface area (TPSA) is 70.2 Å². The van der Waals surface area contributed by atoms with Crippen molar-refractivity contribution >= 4 is 17.6 Å². The second kappa shape index (κ2) is 8.20. The summed E-state index contributed by atoms with van der Waals surface area (Å²) in [6.45, 7) is 2.13. The van der Waals surface area contributed by atoms with Gasteiger partial charge in [-0.15, -0.1) is 0 Å². The Morgan fingerprint density at radius 3 is 2.44 bits per heavy atom. The van der Waals surface area contributed by atoms with Gasteiger partial charge < -0.3 is 16.0 Å². The lowest BCUT2D eigenvalue weighted by Crippen LogP contribution is -2.57. The van der Waals surface area contributed by atoms with Crippen molar-refractivity contribution in [2.24, 2.45) is 0 Å². The maximum Gasteiger partial charge on any atom is 0.315 e. The van der Waals surface area contributed by atoms with Gasteiger partial charge in [-0.1, -0.05) is 43.2 Å². The average molecular weight is 369 g/mol. The lowest BCUT2D eigenvalue weighted by Gasteiger charge is -2.29. The number of benzene rings is 2. The zero-order valence-corrected chi connectivity index (χ0v) is 15.3. The second-order valence-corrected chi connectivity index (χ2v) is 7.00. The number of aryl methyl sites for hydroxylation is 1. The van der Waals surface area contributed by atoms with Crippen molar-refractivity contribution in [2.75, 3.05) is 5.32 Å². The number of urea groups is 1. The highest BCUT2D eigenvalue weighted by molar-refractivity contribution is 6.01. The largest absolute Gasteiger partial charge is 0.334 e. The third kappa shape index (κ3) is 4.64. The molecule has 3 rings (SSSR count). The fraction of sp³-hybridized carbons (Fsp3) is 0.333. The molecule has 2 aromatic rings. The predicted molar refractivity (Wildman–Crippen MR) is 103 cm³/mol. The summed E-state index contributed by atoms with van der Waals surface area (Å²) in [5.41, 5.74) is 1.24. The Morgan fingerprint density at radius 1 is 1.07 bits per heavy atom. The number of halogens is 1. The number of hydrogen-bond acceptors (Lipinski definition) is 2. The van der Waals surface area contributed by atoms with Crippen LogP contribution < -0.4 is 16.0 Å². The van der Waals surface area contributed by atoms with E-state index in [0.717, 1.165) is 18.4 Å². The molecule has 0 atom stereocenters. The van der Waals surface area contributed by atoms with E-state index >= 15 is 0 Å². The van der Waals surface area contributed by atoms with Gasteiger partial charge in [0.15, 0.2) is 0 Å². The summed E-state index contributed by atoms with van der Waals surface area (Å²) < 4.78 is 13.3. The highest BCUT2D eigenvalue weighted by atomic mass is 19.1. The van der Waals surface area contributed by atoms with Crippen LogP contribution in [-0.4, -0.2) is 17.5 Å². The number of hydrogen-bond donors (Lipinski definition) is 3. The first-order valence-electron chi connectivity index (χ1n) is 9.16. The van der Waals surface area contributed by atoms with Crippen LogP contribution in [0.1, 0.15) is 36.8 Å². The number of carbonyl (C=O) groups is 2. The van der Waals surface area contributed by atoms with E-state index in [1.807, 2.05) is 30.3 Å². The van der Waals surface area contributed by atoms with Gasteiger partial charge in [-0.25, -0.2) is 9.18 Å². The molecule has 2 aromatic carbocycles. The highest BCUT2D eigenvalue weighted by Crippen LogP contribution is 2.31. The molecule has 0 aromatic heterocycles. The molecule has 6 heteroatoms. The molecule has 0 bridgehead atoms. The monoisotopic (exact) mass is 369 g/mol. The normalized spacial score (nSPS) is 15.2. The van der Waals surface area contributed by atoms with Crippen molar-refractivity contribution in [3.05, 3.63) is 65.5 Å². The molecule has 0 radical (unpaired) electrons. The molecule has 0 heterocycles. The molecule has 1 aliphatic rings. The van der Waals surface area contributed by atoms with Crippen LogP contribution in [0.25, 0.3) is 0 Å². The molecular formula is C21H24FN3O2. The summed E-state index contributed by atoms with van der Waals surface area (Å²) in [4.78, 5) is 25.3. The molecule has 5 nitrogen and oxygen atoms in total. The first-order chi connectivity index (χ1) is 13.0. The summed E-state index contributed by atoms with van der Waals surface area (Å²) >= 11 is 0. The van der Waals surface area contributed by atoms with E-state index in [4.69, 9.17) is 0 Å². The summed E-state index contributed by atoms with van der Waals surface area (Å²) in [5.74, 6) is -0.607. The second-order valence-electron chi connectivity index (χ2n) is 7.00. The fourth-order valence-electron chi connectivity index (χ4n) is 3.44. The Hall–Kier alpha value is -2.89. The van der Waals surface area contributed by atoms with Crippen LogP contribution in [0.3, 0.4) is 0 Å². The number of rotatable bonds is 5. The van der Waals surface area contributed by atoms with E-state index in [-0.39, 0.29) is 17.8 Å². The van der Waals surface area contributed by atoms with Crippen LogP contribution in [0.4, 0.5) is 14.9 Å². The van der Waals surface area contributed by atoms with Crippen molar-refractivity contribution in [3.63, 3.8) is 0 Å². The van der Waals surface area contributed by atoms with E-state index in [9.17, 15) is 14.0 Å². The Labute approximate surface area is 158 Å². The molecule has 1 saturated carbocycles. The third-order valence-electron chi connectivity index (χ3n) is 4.98.